The van der Waals surface area contributed by atoms with Gasteiger partial charge < -0.3 is 5.11 Å². The van der Waals surface area contributed by atoms with Crippen LogP contribution >= 0.6 is 11.8 Å². The zero-order chi connectivity index (χ0) is 10.6. The first-order valence-corrected chi connectivity index (χ1v) is 4.77. The summed E-state index contributed by atoms with van der Waals surface area (Å²) in [6.45, 7) is 1.74. The van der Waals surface area contributed by atoms with Crippen LogP contribution in [0, 0.1) is 11.3 Å². The van der Waals surface area contributed by atoms with E-state index in [0.717, 1.165) is 0 Å². The molecule has 1 N–H and O–H groups in total. The Labute approximate surface area is 85.6 Å². The second-order valence-electron chi connectivity index (χ2n) is 2.58. The van der Waals surface area contributed by atoms with E-state index in [1.165, 1.54) is 30.1 Å². The van der Waals surface area contributed by atoms with Gasteiger partial charge in [0.1, 0.15) is 0 Å². The monoisotopic (exact) mass is 208 g/mol. The Morgan fingerprint density at radius 2 is 2.50 bits per heavy atom. The van der Waals surface area contributed by atoms with Gasteiger partial charge in [-0.25, -0.2) is 9.78 Å². The summed E-state index contributed by atoms with van der Waals surface area (Å²) in [5.41, 5.74) is 0.188. The molecule has 1 aromatic rings. The van der Waals surface area contributed by atoms with E-state index in [1.807, 2.05) is 6.07 Å². The van der Waals surface area contributed by atoms with Crippen molar-refractivity contribution in [2.45, 2.75) is 17.2 Å². The number of carbonyl (C=O) groups is 1. The Hall–Kier alpha value is -1.54. The number of hydrogen-bond donors (Lipinski definition) is 1. The molecule has 0 saturated carbocycles. The lowest BCUT2D eigenvalue weighted by atomic mass is 10.3. The molecule has 5 heteroatoms. The van der Waals surface area contributed by atoms with Gasteiger partial charge in [-0.15, -0.1) is 0 Å². The van der Waals surface area contributed by atoms with Crippen LogP contribution in [0.5, 0.6) is 0 Å². The lowest BCUT2D eigenvalue weighted by Gasteiger charge is -2.01. The summed E-state index contributed by atoms with van der Waals surface area (Å²) in [4.78, 5) is 14.6. The second-order valence-corrected chi connectivity index (χ2v) is 3.94. The molecule has 0 aliphatic carbocycles. The number of rotatable bonds is 3. The third kappa shape index (κ3) is 2.75. The fourth-order valence-electron chi connectivity index (χ4n) is 0.814. The Bertz CT molecular complexity index is 387. The van der Waals surface area contributed by atoms with Crippen molar-refractivity contribution in [1.82, 2.24) is 4.98 Å². The molecule has 1 heterocycles. The van der Waals surface area contributed by atoms with Gasteiger partial charge in [-0.2, -0.15) is 5.26 Å². The molecular formula is C9H8N2O2S. The van der Waals surface area contributed by atoms with Crippen LogP contribution in [0.25, 0.3) is 0 Å². The largest absolute Gasteiger partial charge is 0.478 e. The SMILES string of the molecule is CC(C#N)Sc1cc(C(=O)O)ccn1. The summed E-state index contributed by atoms with van der Waals surface area (Å²) in [5.74, 6) is -0.987. The number of hydrogen-bond acceptors (Lipinski definition) is 4. The third-order valence-electron chi connectivity index (χ3n) is 1.46. The van der Waals surface area contributed by atoms with E-state index < -0.39 is 5.97 Å². The Morgan fingerprint density at radius 1 is 1.79 bits per heavy atom. The lowest BCUT2D eigenvalue weighted by Crippen LogP contribution is -1.98. The predicted molar refractivity (Wildman–Crippen MR) is 52.1 cm³/mol. The van der Waals surface area contributed by atoms with E-state index >= 15 is 0 Å². The van der Waals surface area contributed by atoms with Crippen molar-refractivity contribution >= 4 is 17.7 Å². The molecule has 0 radical (unpaired) electrons. The molecule has 0 aliphatic heterocycles. The van der Waals surface area contributed by atoms with Crippen molar-refractivity contribution in [1.29, 1.82) is 5.26 Å². The van der Waals surface area contributed by atoms with E-state index in [0.29, 0.717) is 5.03 Å². The molecular weight excluding hydrogens is 200 g/mol. The molecule has 0 aromatic carbocycles. The molecule has 0 amide bonds. The normalized spacial score (nSPS) is 11.7. The van der Waals surface area contributed by atoms with Crippen molar-refractivity contribution in [2.75, 3.05) is 0 Å². The molecule has 0 aliphatic rings. The lowest BCUT2D eigenvalue weighted by molar-refractivity contribution is 0.0696. The second kappa shape index (κ2) is 4.63. The van der Waals surface area contributed by atoms with Crippen LogP contribution in [-0.4, -0.2) is 21.3 Å². The molecule has 0 bridgehead atoms. The molecule has 0 fully saturated rings. The van der Waals surface area contributed by atoms with Gasteiger partial charge in [-0.3, -0.25) is 0 Å². The van der Waals surface area contributed by atoms with Crippen molar-refractivity contribution in [3.8, 4) is 6.07 Å². The third-order valence-corrected chi connectivity index (χ3v) is 2.38. The number of nitrogens with zero attached hydrogens (tertiary/aromatic N) is 2. The van der Waals surface area contributed by atoms with Gasteiger partial charge in [0.2, 0.25) is 0 Å². The summed E-state index contributed by atoms with van der Waals surface area (Å²) in [6, 6.07) is 4.92. The number of nitriles is 1. The van der Waals surface area contributed by atoms with Crippen LogP contribution in [0.15, 0.2) is 23.4 Å². The minimum atomic E-state index is -0.987. The van der Waals surface area contributed by atoms with Crippen molar-refractivity contribution in [3.05, 3.63) is 23.9 Å². The number of carboxylic acid groups (broad SMARTS) is 1. The smallest absolute Gasteiger partial charge is 0.335 e. The topological polar surface area (TPSA) is 74.0 Å². The quantitative estimate of drug-likeness (QED) is 0.766. The minimum Gasteiger partial charge on any atom is -0.478 e. The molecule has 14 heavy (non-hydrogen) atoms. The van der Waals surface area contributed by atoms with Gasteiger partial charge in [-0.05, 0) is 19.1 Å². The summed E-state index contributed by atoms with van der Waals surface area (Å²) >= 11 is 1.24. The maximum atomic E-state index is 10.6. The molecule has 1 atom stereocenters. The number of aromatic carboxylic acids is 1. The van der Waals surface area contributed by atoms with E-state index in [2.05, 4.69) is 4.98 Å². The zero-order valence-electron chi connectivity index (χ0n) is 7.47. The van der Waals surface area contributed by atoms with Gasteiger partial charge in [0.15, 0.2) is 0 Å². The summed E-state index contributed by atoms with van der Waals surface area (Å²) < 4.78 is 0. The highest BCUT2D eigenvalue weighted by atomic mass is 32.2. The first-order chi connectivity index (χ1) is 6.63. The molecule has 0 spiro atoms. The van der Waals surface area contributed by atoms with Crippen LogP contribution in [0.4, 0.5) is 0 Å². The Balaban J connectivity index is 2.85. The van der Waals surface area contributed by atoms with Crippen molar-refractivity contribution in [2.24, 2.45) is 0 Å². The molecule has 0 saturated heterocycles. The maximum Gasteiger partial charge on any atom is 0.335 e. The maximum absolute atomic E-state index is 10.6. The fraction of sp³-hybridized carbons (Fsp3) is 0.222. The van der Waals surface area contributed by atoms with Gasteiger partial charge >= 0.3 is 5.97 Å². The van der Waals surface area contributed by atoms with E-state index in [9.17, 15) is 4.79 Å². The molecule has 1 rings (SSSR count). The van der Waals surface area contributed by atoms with Gasteiger partial charge in [0.05, 0.1) is 21.9 Å². The van der Waals surface area contributed by atoms with Gasteiger partial charge in [-0.1, -0.05) is 11.8 Å². The highest BCUT2D eigenvalue weighted by Crippen LogP contribution is 2.20. The van der Waals surface area contributed by atoms with Crippen LogP contribution in [-0.2, 0) is 0 Å². The zero-order valence-corrected chi connectivity index (χ0v) is 8.28. The van der Waals surface area contributed by atoms with Crippen LogP contribution in [0.2, 0.25) is 0 Å². The molecule has 1 unspecified atom stereocenters. The van der Waals surface area contributed by atoms with Gasteiger partial charge in [0.25, 0.3) is 0 Å². The van der Waals surface area contributed by atoms with E-state index in [4.69, 9.17) is 10.4 Å². The van der Waals surface area contributed by atoms with Crippen LogP contribution in [0.1, 0.15) is 17.3 Å². The average Bonchev–Trinajstić information content (AvgIpc) is 2.18. The van der Waals surface area contributed by atoms with E-state index in [1.54, 1.807) is 6.92 Å². The number of carboxylic acids is 1. The average molecular weight is 208 g/mol. The summed E-state index contributed by atoms with van der Waals surface area (Å²) in [7, 11) is 0. The summed E-state index contributed by atoms with van der Waals surface area (Å²) in [6.07, 6.45) is 1.43. The predicted octanol–water partition coefficient (Wildman–Crippen LogP) is 1.78. The number of aromatic nitrogens is 1. The highest BCUT2D eigenvalue weighted by molar-refractivity contribution is 8.00. The Kier molecular flexibility index (Phi) is 3.48. The van der Waals surface area contributed by atoms with Crippen LogP contribution in [0.3, 0.4) is 0 Å². The number of pyridine rings is 1. The molecule has 1 aromatic heterocycles. The first-order valence-electron chi connectivity index (χ1n) is 3.89. The van der Waals surface area contributed by atoms with Crippen molar-refractivity contribution < 1.29 is 9.90 Å². The minimum absolute atomic E-state index is 0.188. The highest BCUT2D eigenvalue weighted by Gasteiger charge is 2.07. The van der Waals surface area contributed by atoms with Crippen molar-refractivity contribution in [3.63, 3.8) is 0 Å². The first kappa shape index (κ1) is 10.5. The fourth-order valence-corrected chi connectivity index (χ4v) is 1.55. The van der Waals surface area contributed by atoms with Crippen LogP contribution < -0.4 is 0 Å². The van der Waals surface area contributed by atoms with Gasteiger partial charge in [0, 0.05) is 6.20 Å². The molecule has 4 nitrogen and oxygen atoms in total. The van der Waals surface area contributed by atoms with E-state index in [-0.39, 0.29) is 10.8 Å². The molecule has 72 valence electrons. The number of thioether (sulfide) groups is 1. The summed E-state index contributed by atoms with van der Waals surface area (Å²) in [5, 5.41) is 17.6. The standard InChI is InChI=1S/C9H8N2O2S/c1-6(5-10)14-8-4-7(9(12)13)2-3-11-8/h2-4,6H,1H3,(H,12,13). The Morgan fingerprint density at radius 3 is 3.07 bits per heavy atom.